The summed E-state index contributed by atoms with van der Waals surface area (Å²) in [5.74, 6) is -0.103. The first-order valence-corrected chi connectivity index (χ1v) is 10.1. The standard InChI is InChI=1S/C22H26ClN5O/c1-4-5-13-27-22(23)20(17(2)25-27)11-12-21(29)26(3)15-18-14-24-28(16-18)19-9-7-6-8-10-19/h6-12,14,16H,4-5,13,15H2,1-3H3/b12-11+. The van der Waals surface area contributed by atoms with E-state index in [0.29, 0.717) is 11.7 Å². The van der Waals surface area contributed by atoms with Gasteiger partial charge >= 0.3 is 0 Å². The second kappa shape index (κ2) is 9.56. The predicted molar refractivity (Wildman–Crippen MR) is 116 cm³/mol. The zero-order valence-electron chi connectivity index (χ0n) is 17.0. The molecule has 3 aromatic rings. The van der Waals surface area contributed by atoms with Crippen molar-refractivity contribution in [2.24, 2.45) is 0 Å². The fourth-order valence-corrected chi connectivity index (χ4v) is 3.33. The molecule has 0 bridgehead atoms. The van der Waals surface area contributed by atoms with Crippen molar-refractivity contribution < 1.29 is 4.79 Å². The number of unbranched alkanes of at least 4 members (excludes halogenated alkanes) is 1. The van der Waals surface area contributed by atoms with Crippen LogP contribution in [0.25, 0.3) is 11.8 Å². The summed E-state index contributed by atoms with van der Waals surface area (Å²) in [5.41, 5.74) is 3.56. The number of amides is 1. The molecule has 0 N–H and O–H groups in total. The zero-order valence-corrected chi connectivity index (χ0v) is 17.8. The van der Waals surface area contributed by atoms with Gasteiger partial charge in [-0.05, 0) is 31.6 Å². The molecule has 2 aromatic heterocycles. The van der Waals surface area contributed by atoms with Gasteiger partial charge in [-0.25, -0.2) is 4.68 Å². The van der Waals surface area contributed by atoms with Crippen LogP contribution in [-0.4, -0.2) is 37.4 Å². The maximum Gasteiger partial charge on any atom is 0.246 e. The SMILES string of the molecule is CCCCn1nc(C)c(/C=C/C(=O)N(C)Cc2cnn(-c3ccccc3)c2)c1Cl. The minimum absolute atomic E-state index is 0.103. The smallest absolute Gasteiger partial charge is 0.246 e. The molecular weight excluding hydrogens is 386 g/mol. The highest BCUT2D eigenvalue weighted by Gasteiger charge is 2.12. The van der Waals surface area contributed by atoms with Crippen molar-refractivity contribution in [2.45, 2.75) is 39.8 Å². The van der Waals surface area contributed by atoms with E-state index in [9.17, 15) is 4.79 Å². The Morgan fingerprint density at radius 1 is 1.28 bits per heavy atom. The highest BCUT2D eigenvalue weighted by Crippen LogP contribution is 2.22. The molecule has 0 aliphatic carbocycles. The topological polar surface area (TPSA) is 56.0 Å². The molecule has 1 amide bonds. The summed E-state index contributed by atoms with van der Waals surface area (Å²) in [6.45, 7) is 5.28. The van der Waals surface area contributed by atoms with Gasteiger partial charge in [-0.1, -0.05) is 43.1 Å². The number of hydrogen-bond donors (Lipinski definition) is 0. The molecule has 0 atom stereocenters. The van der Waals surface area contributed by atoms with Gasteiger partial charge in [0.15, 0.2) is 0 Å². The first-order chi connectivity index (χ1) is 14.0. The number of benzene rings is 1. The molecule has 0 radical (unpaired) electrons. The maximum absolute atomic E-state index is 12.5. The van der Waals surface area contributed by atoms with E-state index in [1.165, 1.54) is 0 Å². The molecule has 7 heteroatoms. The number of hydrogen-bond acceptors (Lipinski definition) is 3. The van der Waals surface area contributed by atoms with Gasteiger partial charge in [-0.3, -0.25) is 9.48 Å². The lowest BCUT2D eigenvalue weighted by Gasteiger charge is -2.13. The summed E-state index contributed by atoms with van der Waals surface area (Å²) in [4.78, 5) is 14.2. The largest absolute Gasteiger partial charge is 0.338 e. The number of nitrogens with zero attached hydrogens (tertiary/aromatic N) is 5. The average molecular weight is 412 g/mol. The van der Waals surface area contributed by atoms with E-state index in [0.717, 1.165) is 41.9 Å². The molecular formula is C22H26ClN5O. The molecule has 2 heterocycles. The third-order valence-corrected chi connectivity index (χ3v) is 5.08. The Bertz CT molecular complexity index is 990. The summed E-state index contributed by atoms with van der Waals surface area (Å²) in [6, 6.07) is 9.87. The Labute approximate surface area is 176 Å². The number of aromatic nitrogens is 4. The maximum atomic E-state index is 12.5. The van der Waals surface area contributed by atoms with Gasteiger partial charge in [0.1, 0.15) is 5.15 Å². The van der Waals surface area contributed by atoms with Crippen molar-refractivity contribution in [2.75, 3.05) is 7.05 Å². The zero-order chi connectivity index (χ0) is 20.8. The van der Waals surface area contributed by atoms with E-state index >= 15 is 0 Å². The molecule has 0 aliphatic rings. The fourth-order valence-electron chi connectivity index (χ4n) is 3.01. The van der Waals surface area contributed by atoms with Gasteiger partial charge in [0.05, 0.1) is 17.6 Å². The Morgan fingerprint density at radius 2 is 2.03 bits per heavy atom. The highest BCUT2D eigenvalue weighted by atomic mass is 35.5. The lowest BCUT2D eigenvalue weighted by molar-refractivity contribution is -0.125. The number of para-hydroxylation sites is 1. The summed E-state index contributed by atoms with van der Waals surface area (Å²) in [7, 11) is 1.77. The number of carbonyl (C=O) groups excluding carboxylic acids is 1. The minimum atomic E-state index is -0.103. The quantitative estimate of drug-likeness (QED) is 0.513. The van der Waals surface area contributed by atoms with Crippen LogP contribution in [0, 0.1) is 6.92 Å². The molecule has 0 spiro atoms. The van der Waals surface area contributed by atoms with E-state index in [1.807, 2.05) is 43.5 Å². The number of likely N-dealkylation sites (N-methyl/N-ethyl adjacent to an activating group) is 1. The normalized spacial score (nSPS) is 11.3. The molecule has 152 valence electrons. The van der Waals surface area contributed by atoms with Crippen molar-refractivity contribution >= 4 is 23.6 Å². The Hall–Kier alpha value is -2.86. The van der Waals surface area contributed by atoms with E-state index in [2.05, 4.69) is 17.1 Å². The second-order valence-electron chi connectivity index (χ2n) is 7.02. The molecule has 0 saturated carbocycles. The predicted octanol–water partition coefficient (Wildman–Crippen LogP) is 4.50. The van der Waals surface area contributed by atoms with Crippen LogP contribution in [0.2, 0.25) is 5.15 Å². The summed E-state index contributed by atoms with van der Waals surface area (Å²) < 4.78 is 3.60. The van der Waals surface area contributed by atoms with Crippen molar-refractivity contribution in [3.05, 3.63) is 70.8 Å². The van der Waals surface area contributed by atoms with Crippen LogP contribution in [0.1, 0.15) is 36.6 Å². The highest BCUT2D eigenvalue weighted by molar-refractivity contribution is 6.31. The van der Waals surface area contributed by atoms with Crippen LogP contribution >= 0.6 is 11.6 Å². The average Bonchev–Trinajstić information content (AvgIpc) is 3.29. The van der Waals surface area contributed by atoms with Crippen LogP contribution in [0.5, 0.6) is 0 Å². The van der Waals surface area contributed by atoms with Gasteiger partial charge in [-0.2, -0.15) is 10.2 Å². The van der Waals surface area contributed by atoms with E-state index in [1.54, 1.807) is 39.7 Å². The summed E-state index contributed by atoms with van der Waals surface area (Å²) in [5, 5.41) is 9.42. The molecule has 3 rings (SSSR count). The van der Waals surface area contributed by atoms with Crippen LogP contribution < -0.4 is 0 Å². The van der Waals surface area contributed by atoms with Crippen LogP contribution in [0.4, 0.5) is 0 Å². The number of rotatable bonds is 8. The lowest BCUT2D eigenvalue weighted by atomic mass is 10.2. The number of halogens is 1. The van der Waals surface area contributed by atoms with E-state index in [4.69, 9.17) is 11.6 Å². The molecule has 0 fully saturated rings. The van der Waals surface area contributed by atoms with Crippen LogP contribution in [0.15, 0.2) is 48.8 Å². The van der Waals surface area contributed by atoms with Crippen molar-refractivity contribution in [3.63, 3.8) is 0 Å². The van der Waals surface area contributed by atoms with Crippen LogP contribution in [-0.2, 0) is 17.9 Å². The van der Waals surface area contributed by atoms with Crippen LogP contribution in [0.3, 0.4) is 0 Å². The van der Waals surface area contributed by atoms with E-state index in [-0.39, 0.29) is 5.91 Å². The summed E-state index contributed by atoms with van der Waals surface area (Å²) in [6.07, 6.45) is 9.09. The third-order valence-electron chi connectivity index (χ3n) is 4.68. The lowest BCUT2D eigenvalue weighted by Crippen LogP contribution is -2.23. The number of aryl methyl sites for hydroxylation is 2. The second-order valence-corrected chi connectivity index (χ2v) is 7.38. The van der Waals surface area contributed by atoms with Gasteiger partial charge < -0.3 is 4.90 Å². The summed E-state index contributed by atoms with van der Waals surface area (Å²) >= 11 is 6.43. The van der Waals surface area contributed by atoms with Gasteiger partial charge in [-0.15, -0.1) is 0 Å². The molecule has 0 aliphatic heterocycles. The van der Waals surface area contributed by atoms with Gasteiger partial charge in [0, 0.05) is 43.5 Å². The Kier molecular flexibility index (Phi) is 6.88. The third kappa shape index (κ3) is 5.15. The molecule has 6 nitrogen and oxygen atoms in total. The first kappa shape index (κ1) is 20.9. The molecule has 0 unspecified atom stereocenters. The molecule has 0 saturated heterocycles. The minimum Gasteiger partial charge on any atom is -0.338 e. The molecule has 29 heavy (non-hydrogen) atoms. The van der Waals surface area contributed by atoms with Crippen molar-refractivity contribution in [1.29, 1.82) is 0 Å². The number of carbonyl (C=O) groups is 1. The first-order valence-electron chi connectivity index (χ1n) is 9.74. The van der Waals surface area contributed by atoms with Gasteiger partial charge in [0.25, 0.3) is 0 Å². The van der Waals surface area contributed by atoms with Gasteiger partial charge in [0.2, 0.25) is 5.91 Å². The van der Waals surface area contributed by atoms with E-state index < -0.39 is 0 Å². The fraction of sp³-hybridized carbons (Fsp3) is 0.318. The Morgan fingerprint density at radius 3 is 2.76 bits per heavy atom. The monoisotopic (exact) mass is 411 g/mol. The van der Waals surface area contributed by atoms with Crippen molar-refractivity contribution in [3.8, 4) is 5.69 Å². The van der Waals surface area contributed by atoms with Crippen molar-refractivity contribution in [1.82, 2.24) is 24.5 Å². The Balaban J connectivity index is 1.64. The molecule has 1 aromatic carbocycles.